The van der Waals surface area contributed by atoms with E-state index >= 15 is 0 Å². The molecule has 0 unspecified atom stereocenters. The molecule has 0 aliphatic heterocycles. The van der Waals surface area contributed by atoms with Gasteiger partial charge in [0, 0.05) is 5.56 Å². The molecule has 1 atom stereocenters. The van der Waals surface area contributed by atoms with Crippen LogP contribution in [0.5, 0.6) is 0 Å². The minimum atomic E-state index is -0.451. The molecule has 0 fully saturated rings. The molecule has 1 aromatic carbocycles. The first kappa shape index (κ1) is 15.3. The summed E-state index contributed by atoms with van der Waals surface area (Å²) >= 11 is 0. The van der Waals surface area contributed by atoms with E-state index in [1.54, 1.807) is 32.0 Å². The summed E-state index contributed by atoms with van der Waals surface area (Å²) in [7, 11) is 0. The van der Waals surface area contributed by atoms with Gasteiger partial charge in [-0.2, -0.15) is 0 Å². The van der Waals surface area contributed by atoms with Crippen LogP contribution in [0.15, 0.2) is 34.7 Å². The lowest BCUT2D eigenvalue weighted by molar-refractivity contribution is 0.0886. The second-order valence-corrected chi connectivity index (χ2v) is 5.05. The summed E-state index contributed by atoms with van der Waals surface area (Å²) in [6, 6.07) is 7.30. The van der Waals surface area contributed by atoms with Crippen LogP contribution in [0, 0.1) is 19.7 Å². The van der Waals surface area contributed by atoms with E-state index in [-0.39, 0.29) is 24.1 Å². The number of furan rings is 1. The van der Waals surface area contributed by atoms with Gasteiger partial charge in [-0.15, -0.1) is 0 Å². The summed E-state index contributed by atoms with van der Waals surface area (Å²) in [4.78, 5) is 12.1. The van der Waals surface area contributed by atoms with Crippen molar-refractivity contribution in [3.63, 3.8) is 0 Å². The van der Waals surface area contributed by atoms with E-state index in [9.17, 15) is 14.3 Å². The largest absolute Gasteiger partial charge is 0.456 e. The smallest absolute Gasteiger partial charge is 0.287 e. The maximum Gasteiger partial charge on any atom is 0.287 e. The van der Waals surface area contributed by atoms with Crippen molar-refractivity contribution in [3.8, 4) is 0 Å². The molecular weight excluding hydrogens is 273 g/mol. The van der Waals surface area contributed by atoms with E-state index in [1.165, 1.54) is 12.1 Å². The predicted octanol–water partition coefficient (Wildman–Crippen LogP) is 2.37. The van der Waals surface area contributed by atoms with Gasteiger partial charge in [0.05, 0.1) is 12.6 Å². The molecule has 4 nitrogen and oxygen atoms in total. The molecule has 2 N–H and O–H groups in total. The van der Waals surface area contributed by atoms with Crippen molar-refractivity contribution in [3.05, 3.63) is 58.8 Å². The minimum absolute atomic E-state index is 0.206. The highest BCUT2D eigenvalue weighted by Gasteiger charge is 2.18. The standard InChI is InChI=1S/C16H18FNO3/c1-10-7-11(2)21-15(10)16(20)18-14(9-19)8-12-3-5-13(17)6-4-12/h3-7,14,19H,8-9H2,1-2H3,(H,18,20)/t14-/m1/s1. The molecule has 0 aliphatic rings. The van der Waals surface area contributed by atoms with Crippen molar-refractivity contribution >= 4 is 5.91 Å². The van der Waals surface area contributed by atoms with E-state index < -0.39 is 6.04 Å². The molecule has 21 heavy (non-hydrogen) atoms. The van der Waals surface area contributed by atoms with Crippen molar-refractivity contribution in [2.75, 3.05) is 6.61 Å². The molecule has 0 saturated carbocycles. The molecular formula is C16H18FNO3. The van der Waals surface area contributed by atoms with Crippen LogP contribution in [-0.4, -0.2) is 23.7 Å². The number of carbonyl (C=O) groups is 1. The highest BCUT2D eigenvalue weighted by molar-refractivity contribution is 5.93. The quantitative estimate of drug-likeness (QED) is 0.889. The minimum Gasteiger partial charge on any atom is -0.456 e. The molecule has 0 aliphatic carbocycles. The Morgan fingerprint density at radius 2 is 2.00 bits per heavy atom. The number of carbonyl (C=O) groups excluding carboxylic acids is 1. The van der Waals surface area contributed by atoms with Gasteiger partial charge in [0.15, 0.2) is 5.76 Å². The number of amides is 1. The number of hydrogen-bond acceptors (Lipinski definition) is 3. The Balaban J connectivity index is 2.03. The fourth-order valence-corrected chi connectivity index (χ4v) is 2.18. The number of aliphatic hydroxyl groups excluding tert-OH is 1. The topological polar surface area (TPSA) is 62.5 Å². The first-order valence-corrected chi connectivity index (χ1v) is 6.73. The van der Waals surface area contributed by atoms with Crippen LogP contribution >= 0.6 is 0 Å². The highest BCUT2D eigenvalue weighted by Crippen LogP contribution is 2.14. The molecule has 0 saturated heterocycles. The Kier molecular flexibility index (Phi) is 4.75. The molecule has 112 valence electrons. The number of rotatable bonds is 5. The van der Waals surface area contributed by atoms with Crippen LogP contribution in [0.25, 0.3) is 0 Å². The maximum absolute atomic E-state index is 12.9. The number of nitrogens with one attached hydrogen (secondary N) is 1. The third kappa shape index (κ3) is 3.92. The maximum atomic E-state index is 12.9. The molecule has 0 bridgehead atoms. The molecule has 1 aromatic heterocycles. The number of aliphatic hydroxyl groups is 1. The second-order valence-electron chi connectivity index (χ2n) is 5.05. The Bertz CT molecular complexity index is 619. The molecule has 5 heteroatoms. The highest BCUT2D eigenvalue weighted by atomic mass is 19.1. The Morgan fingerprint density at radius 3 is 2.52 bits per heavy atom. The van der Waals surface area contributed by atoms with Gasteiger partial charge in [0.25, 0.3) is 5.91 Å². The molecule has 0 radical (unpaired) electrons. The van der Waals surface area contributed by atoms with Crippen molar-refractivity contribution in [2.45, 2.75) is 26.3 Å². The van der Waals surface area contributed by atoms with Gasteiger partial charge in [0.2, 0.25) is 0 Å². The van der Waals surface area contributed by atoms with Crippen LogP contribution in [0.2, 0.25) is 0 Å². The first-order chi connectivity index (χ1) is 9.99. The lowest BCUT2D eigenvalue weighted by atomic mass is 10.1. The molecule has 1 heterocycles. The van der Waals surface area contributed by atoms with Gasteiger partial charge >= 0.3 is 0 Å². The fraction of sp³-hybridized carbons (Fsp3) is 0.312. The normalized spacial score (nSPS) is 12.2. The van der Waals surface area contributed by atoms with Crippen LogP contribution in [0.1, 0.15) is 27.4 Å². The van der Waals surface area contributed by atoms with E-state index in [2.05, 4.69) is 5.32 Å². The van der Waals surface area contributed by atoms with Crippen molar-refractivity contribution in [1.82, 2.24) is 5.32 Å². The zero-order chi connectivity index (χ0) is 15.4. The number of halogens is 1. The molecule has 2 rings (SSSR count). The van der Waals surface area contributed by atoms with E-state index in [0.29, 0.717) is 12.2 Å². The lowest BCUT2D eigenvalue weighted by Gasteiger charge is -2.16. The number of hydrogen-bond donors (Lipinski definition) is 2. The van der Waals surface area contributed by atoms with E-state index in [0.717, 1.165) is 11.1 Å². The summed E-state index contributed by atoms with van der Waals surface area (Å²) in [6.45, 7) is 3.35. The van der Waals surface area contributed by atoms with Gasteiger partial charge < -0.3 is 14.8 Å². The van der Waals surface area contributed by atoms with Crippen molar-refractivity contribution < 1.29 is 18.7 Å². The van der Waals surface area contributed by atoms with Crippen LogP contribution in [-0.2, 0) is 6.42 Å². The van der Waals surface area contributed by atoms with Crippen LogP contribution in [0.4, 0.5) is 4.39 Å². The summed E-state index contributed by atoms with van der Waals surface area (Å²) in [6.07, 6.45) is 0.418. The number of benzene rings is 1. The summed E-state index contributed by atoms with van der Waals surface area (Å²) in [5, 5.41) is 12.1. The fourth-order valence-electron chi connectivity index (χ4n) is 2.18. The van der Waals surface area contributed by atoms with Gasteiger partial charge in [-0.3, -0.25) is 4.79 Å². The van der Waals surface area contributed by atoms with E-state index in [1.807, 2.05) is 0 Å². The van der Waals surface area contributed by atoms with E-state index in [4.69, 9.17) is 4.42 Å². The van der Waals surface area contributed by atoms with Crippen LogP contribution < -0.4 is 5.32 Å². The third-order valence-electron chi connectivity index (χ3n) is 3.20. The third-order valence-corrected chi connectivity index (χ3v) is 3.20. The second kappa shape index (κ2) is 6.54. The van der Waals surface area contributed by atoms with Gasteiger partial charge in [-0.1, -0.05) is 12.1 Å². The zero-order valence-electron chi connectivity index (χ0n) is 12.0. The Labute approximate surface area is 122 Å². The lowest BCUT2D eigenvalue weighted by Crippen LogP contribution is -2.39. The van der Waals surface area contributed by atoms with Gasteiger partial charge in [0.1, 0.15) is 11.6 Å². The summed E-state index contributed by atoms with van der Waals surface area (Å²) in [5.74, 6) is 0.244. The monoisotopic (exact) mass is 291 g/mol. The SMILES string of the molecule is Cc1cc(C)c(C(=O)N[C@@H](CO)Cc2ccc(F)cc2)o1. The van der Waals surface area contributed by atoms with Crippen LogP contribution in [0.3, 0.4) is 0 Å². The Hall–Kier alpha value is -2.14. The first-order valence-electron chi connectivity index (χ1n) is 6.73. The number of aryl methyl sites for hydroxylation is 2. The predicted molar refractivity (Wildman–Crippen MR) is 76.6 cm³/mol. The molecule has 0 spiro atoms. The Morgan fingerprint density at radius 1 is 1.33 bits per heavy atom. The van der Waals surface area contributed by atoms with Gasteiger partial charge in [-0.05, 0) is 44.0 Å². The average Bonchev–Trinajstić information content (AvgIpc) is 2.79. The summed E-state index contributed by atoms with van der Waals surface area (Å²) < 4.78 is 18.2. The summed E-state index contributed by atoms with van der Waals surface area (Å²) in [5.41, 5.74) is 1.59. The van der Waals surface area contributed by atoms with Crippen molar-refractivity contribution in [1.29, 1.82) is 0 Å². The zero-order valence-corrected chi connectivity index (χ0v) is 12.0. The van der Waals surface area contributed by atoms with Gasteiger partial charge in [-0.25, -0.2) is 4.39 Å². The molecule has 2 aromatic rings. The molecule has 1 amide bonds. The van der Waals surface area contributed by atoms with Crippen molar-refractivity contribution in [2.24, 2.45) is 0 Å². The average molecular weight is 291 g/mol.